The zero-order valence-electron chi connectivity index (χ0n) is 16.1. The monoisotopic (exact) mass is 363 g/mol. The highest BCUT2D eigenvalue weighted by atomic mass is 16.2. The molecule has 1 spiro atoms. The lowest BCUT2D eigenvalue weighted by Crippen LogP contribution is -2.51. The van der Waals surface area contributed by atoms with Crippen LogP contribution in [-0.2, 0) is 14.4 Å². The van der Waals surface area contributed by atoms with E-state index in [0.717, 1.165) is 44.7 Å². The first-order valence-corrected chi connectivity index (χ1v) is 10.3. The number of rotatable bonds is 5. The highest BCUT2D eigenvalue weighted by molar-refractivity contribution is 5.87. The van der Waals surface area contributed by atoms with E-state index in [1.807, 2.05) is 0 Å². The number of hydrogen-bond acceptors (Lipinski definition) is 3. The van der Waals surface area contributed by atoms with Gasteiger partial charge in [-0.15, -0.1) is 0 Å². The molecule has 0 aromatic heterocycles. The van der Waals surface area contributed by atoms with Crippen LogP contribution >= 0.6 is 0 Å². The van der Waals surface area contributed by atoms with Crippen LogP contribution in [0.1, 0.15) is 64.7 Å². The molecular formula is C20H33N3O3. The molecule has 1 aliphatic carbocycles. The first-order chi connectivity index (χ1) is 12.5. The van der Waals surface area contributed by atoms with Gasteiger partial charge in [0.15, 0.2) is 0 Å². The molecule has 3 rings (SSSR count). The lowest BCUT2D eigenvalue weighted by molar-refractivity contribution is -0.146. The number of nitrogens with zero attached hydrogens (tertiary/aromatic N) is 2. The average molecular weight is 364 g/mol. The molecule has 3 amide bonds. The lowest BCUT2D eigenvalue weighted by Gasteiger charge is -2.40. The maximum atomic E-state index is 13.2. The Balaban J connectivity index is 1.53. The zero-order chi connectivity index (χ0) is 18.6. The van der Waals surface area contributed by atoms with Crippen LogP contribution in [0.25, 0.3) is 0 Å². The van der Waals surface area contributed by atoms with E-state index in [1.54, 1.807) is 4.90 Å². The van der Waals surface area contributed by atoms with Crippen LogP contribution in [0.5, 0.6) is 0 Å². The second-order valence-corrected chi connectivity index (χ2v) is 8.44. The lowest BCUT2D eigenvalue weighted by atomic mass is 9.78. The molecule has 1 atom stereocenters. The Morgan fingerprint density at radius 2 is 1.88 bits per heavy atom. The van der Waals surface area contributed by atoms with Crippen molar-refractivity contribution in [1.29, 1.82) is 0 Å². The van der Waals surface area contributed by atoms with Crippen LogP contribution in [0.4, 0.5) is 0 Å². The summed E-state index contributed by atoms with van der Waals surface area (Å²) in [6.45, 7) is 4.33. The number of amides is 3. The molecule has 1 N–H and O–H groups in total. The summed E-state index contributed by atoms with van der Waals surface area (Å²) in [6, 6.07) is 0. The van der Waals surface area contributed by atoms with E-state index in [9.17, 15) is 14.4 Å². The van der Waals surface area contributed by atoms with Crippen molar-refractivity contribution >= 4 is 17.7 Å². The van der Waals surface area contributed by atoms with Crippen LogP contribution in [0.3, 0.4) is 0 Å². The van der Waals surface area contributed by atoms with E-state index in [-0.39, 0.29) is 29.7 Å². The normalized spacial score (nSPS) is 27.2. The zero-order valence-corrected chi connectivity index (χ0v) is 16.1. The van der Waals surface area contributed by atoms with Crippen molar-refractivity contribution in [3.05, 3.63) is 0 Å². The van der Waals surface area contributed by atoms with E-state index in [2.05, 4.69) is 10.2 Å². The first kappa shape index (κ1) is 19.2. The largest absolute Gasteiger partial charge is 0.347 e. The fourth-order valence-corrected chi connectivity index (χ4v) is 4.96. The summed E-state index contributed by atoms with van der Waals surface area (Å²) in [4.78, 5) is 40.3. The van der Waals surface area contributed by atoms with Crippen molar-refractivity contribution in [1.82, 2.24) is 15.1 Å². The Bertz CT molecular complexity index is 544. The van der Waals surface area contributed by atoms with Gasteiger partial charge in [0.25, 0.3) is 0 Å². The maximum Gasteiger partial charge on any atom is 0.241 e. The number of hydrogen-bond donors (Lipinski definition) is 1. The summed E-state index contributed by atoms with van der Waals surface area (Å²) in [5, 5.41) is 2.56. The molecule has 0 bridgehead atoms. The molecule has 146 valence electrons. The predicted molar refractivity (Wildman–Crippen MR) is 99.3 cm³/mol. The molecule has 0 radical (unpaired) electrons. The number of piperidine rings is 1. The summed E-state index contributed by atoms with van der Waals surface area (Å²) < 4.78 is 0. The van der Waals surface area contributed by atoms with Gasteiger partial charge in [0.1, 0.15) is 0 Å². The molecule has 0 aromatic rings. The second-order valence-electron chi connectivity index (χ2n) is 8.44. The van der Waals surface area contributed by atoms with Gasteiger partial charge >= 0.3 is 0 Å². The Morgan fingerprint density at radius 3 is 2.62 bits per heavy atom. The SMILES string of the molecule is CC(=O)NCC(=O)N1CC[C@]2(CCCN(CCC3CCCCC3)C2=O)C1. The van der Waals surface area contributed by atoms with E-state index in [4.69, 9.17) is 0 Å². The summed E-state index contributed by atoms with van der Waals surface area (Å²) >= 11 is 0. The second kappa shape index (κ2) is 8.40. The van der Waals surface area contributed by atoms with Gasteiger partial charge in [-0.3, -0.25) is 14.4 Å². The third kappa shape index (κ3) is 4.38. The Kier molecular flexibility index (Phi) is 6.20. The van der Waals surface area contributed by atoms with Crippen LogP contribution < -0.4 is 5.32 Å². The van der Waals surface area contributed by atoms with Gasteiger partial charge < -0.3 is 15.1 Å². The molecule has 2 saturated heterocycles. The molecule has 3 aliphatic rings. The van der Waals surface area contributed by atoms with Crippen LogP contribution in [0, 0.1) is 11.3 Å². The van der Waals surface area contributed by atoms with Crippen molar-refractivity contribution in [2.45, 2.75) is 64.7 Å². The van der Waals surface area contributed by atoms with Gasteiger partial charge in [-0.25, -0.2) is 0 Å². The highest BCUT2D eigenvalue weighted by Gasteiger charge is 2.49. The fourth-order valence-electron chi connectivity index (χ4n) is 4.96. The van der Waals surface area contributed by atoms with Gasteiger partial charge in [-0.1, -0.05) is 32.1 Å². The number of carbonyl (C=O) groups excluding carboxylic acids is 3. The smallest absolute Gasteiger partial charge is 0.241 e. The van der Waals surface area contributed by atoms with E-state index >= 15 is 0 Å². The standard InChI is InChI=1S/C20H33N3O3/c1-16(24)21-14-18(25)23-13-10-20(15-23)9-5-11-22(19(20)26)12-8-17-6-3-2-4-7-17/h17H,2-15H2,1H3,(H,21,24)/t20-/m1/s1. The van der Waals surface area contributed by atoms with Gasteiger partial charge in [0, 0.05) is 33.1 Å². The molecule has 0 aromatic carbocycles. The molecule has 2 aliphatic heterocycles. The van der Waals surface area contributed by atoms with Crippen molar-refractivity contribution in [2.24, 2.45) is 11.3 Å². The van der Waals surface area contributed by atoms with Crippen molar-refractivity contribution in [3.8, 4) is 0 Å². The Hall–Kier alpha value is -1.59. The molecule has 3 fully saturated rings. The highest BCUT2D eigenvalue weighted by Crippen LogP contribution is 2.40. The molecular weight excluding hydrogens is 330 g/mol. The third-order valence-corrected chi connectivity index (χ3v) is 6.55. The molecule has 26 heavy (non-hydrogen) atoms. The van der Waals surface area contributed by atoms with Gasteiger partial charge in [0.05, 0.1) is 12.0 Å². The minimum Gasteiger partial charge on any atom is -0.347 e. The van der Waals surface area contributed by atoms with Crippen molar-refractivity contribution < 1.29 is 14.4 Å². The maximum absolute atomic E-state index is 13.2. The number of nitrogens with one attached hydrogen (secondary N) is 1. The van der Waals surface area contributed by atoms with E-state index in [0.29, 0.717) is 13.1 Å². The molecule has 2 heterocycles. The summed E-state index contributed by atoms with van der Waals surface area (Å²) in [6.07, 6.45) is 10.5. The topological polar surface area (TPSA) is 69.7 Å². The van der Waals surface area contributed by atoms with E-state index < -0.39 is 0 Å². The minimum atomic E-state index is -0.378. The molecule has 0 unspecified atom stereocenters. The molecule has 1 saturated carbocycles. The van der Waals surface area contributed by atoms with Gasteiger partial charge in [0.2, 0.25) is 17.7 Å². The number of carbonyl (C=O) groups is 3. The summed E-state index contributed by atoms with van der Waals surface area (Å²) in [5.41, 5.74) is -0.378. The summed E-state index contributed by atoms with van der Waals surface area (Å²) in [5.74, 6) is 0.766. The van der Waals surface area contributed by atoms with Gasteiger partial charge in [-0.05, 0) is 31.6 Å². The van der Waals surface area contributed by atoms with Gasteiger partial charge in [-0.2, -0.15) is 0 Å². The van der Waals surface area contributed by atoms with E-state index in [1.165, 1.54) is 39.0 Å². The molecule has 6 nitrogen and oxygen atoms in total. The number of likely N-dealkylation sites (tertiary alicyclic amines) is 2. The quantitative estimate of drug-likeness (QED) is 0.811. The Morgan fingerprint density at radius 1 is 1.12 bits per heavy atom. The average Bonchev–Trinajstić information content (AvgIpc) is 3.07. The predicted octanol–water partition coefficient (Wildman–Crippen LogP) is 1.93. The summed E-state index contributed by atoms with van der Waals surface area (Å²) in [7, 11) is 0. The van der Waals surface area contributed by atoms with Crippen LogP contribution in [0.15, 0.2) is 0 Å². The van der Waals surface area contributed by atoms with Crippen molar-refractivity contribution in [3.63, 3.8) is 0 Å². The minimum absolute atomic E-state index is 0.0327. The van der Waals surface area contributed by atoms with Crippen molar-refractivity contribution in [2.75, 3.05) is 32.7 Å². The van der Waals surface area contributed by atoms with Crippen LogP contribution in [0.2, 0.25) is 0 Å². The van der Waals surface area contributed by atoms with Crippen LogP contribution in [-0.4, -0.2) is 60.2 Å². The Labute approximate surface area is 156 Å². The third-order valence-electron chi connectivity index (χ3n) is 6.55. The molecule has 6 heteroatoms. The fraction of sp³-hybridized carbons (Fsp3) is 0.850. The first-order valence-electron chi connectivity index (χ1n) is 10.3.